The minimum atomic E-state index is -3.56. The van der Waals surface area contributed by atoms with E-state index in [1.165, 1.54) is 19.3 Å². The van der Waals surface area contributed by atoms with Crippen LogP contribution in [-0.2, 0) is 21.5 Å². The predicted octanol–water partition coefficient (Wildman–Crippen LogP) is 4.62. The first kappa shape index (κ1) is 21.7. The lowest BCUT2D eigenvalue weighted by Gasteiger charge is -2.56. The summed E-state index contributed by atoms with van der Waals surface area (Å²) >= 11 is 0. The third-order valence-corrected chi connectivity index (χ3v) is 8.37. The highest BCUT2D eigenvalue weighted by molar-refractivity contribution is 7.87. The SMILES string of the molecule is CCS(=O)(=O)Oc1cccc(CN(CC(C)C)C(=O)C23CC4CC(CC(C4)C2)C3)c1. The monoisotopic (exact) mass is 433 g/mol. The smallest absolute Gasteiger partial charge is 0.308 e. The van der Waals surface area contributed by atoms with Crippen LogP contribution < -0.4 is 4.18 Å². The Morgan fingerprint density at radius 1 is 1.13 bits per heavy atom. The summed E-state index contributed by atoms with van der Waals surface area (Å²) in [5.74, 6) is 3.15. The number of benzene rings is 1. The van der Waals surface area contributed by atoms with E-state index in [0.29, 0.717) is 24.1 Å². The second-order valence-electron chi connectivity index (χ2n) is 10.4. The van der Waals surface area contributed by atoms with Crippen molar-refractivity contribution >= 4 is 16.0 Å². The summed E-state index contributed by atoms with van der Waals surface area (Å²) in [6.45, 7) is 7.08. The van der Waals surface area contributed by atoms with E-state index < -0.39 is 10.1 Å². The van der Waals surface area contributed by atoms with Crippen molar-refractivity contribution in [3.8, 4) is 5.75 Å². The van der Waals surface area contributed by atoms with Crippen LogP contribution in [-0.4, -0.2) is 31.5 Å². The Morgan fingerprint density at radius 3 is 2.27 bits per heavy atom. The third kappa shape index (κ3) is 4.53. The fourth-order valence-corrected chi connectivity index (χ4v) is 7.00. The van der Waals surface area contributed by atoms with Gasteiger partial charge in [0.1, 0.15) is 5.75 Å². The fraction of sp³-hybridized carbons (Fsp3) is 0.708. The van der Waals surface area contributed by atoms with Gasteiger partial charge in [-0.15, -0.1) is 0 Å². The highest BCUT2D eigenvalue weighted by Crippen LogP contribution is 2.60. The van der Waals surface area contributed by atoms with E-state index in [2.05, 4.69) is 13.8 Å². The molecule has 4 fully saturated rings. The maximum Gasteiger partial charge on any atom is 0.308 e. The molecule has 0 saturated heterocycles. The molecule has 4 saturated carbocycles. The van der Waals surface area contributed by atoms with Crippen molar-refractivity contribution in [2.45, 2.75) is 65.8 Å². The van der Waals surface area contributed by atoms with Crippen LogP contribution in [0.15, 0.2) is 24.3 Å². The van der Waals surface area contributed by atoms with Gasteiger partial charge in [0.05, 0.1) is 11.2 Å². The molecule has 30 heavy (non-hydrogen) atoms. The van der Waals surface area contributed by atoms with E-state index >= 15 is 0 Å². The van der Waals surface area contributed by atoms with Crippen molar-refractivity contribution in [2.75, 3.05) is 12.3 Å². The van der Waals surface area contributed by atoms with Crippen LogP contribution in [0.3, 0.4) is 0 Å². The van der Waals surface area contributed by atoms with E-state index in [-0.39, 0.29) is 11.2 Å². The Balaban J connectivity index is 1.54. The average Bonchev–Trinajstić information content (AvgIpc) is 2.65. The zero-order chi connectivity index (χ0) is 21.5. The van der Waals surface area contributed by atoms with E-state index in [9.17, 15) is 13.2 Å². The molecule has 0 aromatic heterocycles. The Bertz CT molecular complexity index is 857. The Morgan fingerprint density at radius 2 is 1.73 bits per heavy atom. The summed E-state index contributed by atoms with van der Waals surface area (Å²) in [7, 11) is -3.56. The van der Waals surface area contributed by atoms with Crippen LogP contribution in [0.25, 0.3) is 0 Å². The molecule has 0 unspecified atom stereocenters. The average molecular weight is 434 g/mol. The molecule has 0 aliphatic heterocycles. The Labute approximate surface area is 181 Å². The van der Waals surface area contributed by atoms with Crippen LogP contribution in [0, 0.1) is 29.1 Å². The Hall–Kier alpha value is -1.56. The van der Waals surface area contributed by atoms with Gasteiger partial charge in [-0.25, -0.2) is 0 Å². The number of carbonyl (C=O) groups is 1. The molecule has 0 atom stereocenters. The molecule has 4 aliphatic carbocycles. The zero-order valence-corrected chi connectivity index (χ0v) is 19.3. The van der Waals surface area contributed by atoms with Crippen molar-refractivity contribution in [3.63, 3.8) is 0 Å². The molecule has 1 aromatic rings. The van der Waals surface area contributed by atoms with Gasteiger partial charge in [0.2, 0.25) is 5.91 Å². The third-order valence-electron chi connectivity index (χ3n) is 7.21. The van der Waals surface area contributed by atoms with E-state index in [4.69, 9.17) is 4.18 Å². The van der Waals surface area contributed by atoms with Crippen molar-refractivity contribution in [1.29, 1.82) is 0 Å². The number of amides is 1. The summed E-state index contributed by atoms with van der Waals surface area (Å²) in [4.78, 5) is 15.9. The first-order chi connectivity index (χ1) is 14.2. The molecule has 6 heteroatoms. The maximum absolute atomic E-state index is 13.9. The quantitative estimate of drug-likeness (QED) is 0.561. The number of rotatable bonds is 8. The molecule has 5 nitrogen and oxygen atoms in total. The summed E-state index contributed by atoms with van der Waals surface area (Å²) in [6, 6.07) is 7.17. The van der Waals surface area contributed by atoms with Gasteiger partial charge in [0.15, 0.2) is 0 Å². The zero-order valence-electron chi connectivity index (χ0n) is 18.5. The van der Waals surface area contributed by atoms with Gasteiger partial charge in [-0.05, 0) is 86.8 Å². The highest BCUT2D eigenvalue weighted by Gasteiger charge is 2.55. The molecule has 5 rings (SSSR count). The number of hydrogen-bond acceptors (Lipinski definition) is 4. The minimum absolute atomic E-state index is 0.0682. The number of carbonyl (C=O) groups excluding carboxylic acids is 1. The maximum atomic E-state index is 13.9. The second kappa shape index (κ2) is 8.18. The number of nitrogens with zero attached hydrogens (tertiary/aromatic N) is 1. The Kier molecular flexibility index (Phi) is 5.90. The van der Waals surface area contributed by atoms with Gasteiger partial charge in [-0.1, -0.05) is 26.0 Å². The molecule has 0 spiro atoms. The summed E-state index contributed by atoms with van der Waals surface area (Å²) in [5, 5.41) is 0. The van der Waals surface area contributed by atoms with Gasteiger partial charge < -0.3 is 9.08 Å². The van der Waals surface area contributed by atoms with Crippen LogP contribution in [0.5, 0.6) is 5.75 Å². The predicted molar refractivity (Wildman–Crippen MR) is 117 cm³/mol. The lowest BCUT2D eigenvalue weighted by Crippen LogP contribution is -2.54. The molecule has 166 valence electrons. The van der Waals surface area contributed by atoms with Gasteiger partial charge in [-0.3, -0.25) is 4.79 Å². The first-order valence-electron chi connectivity index (χ1n) is 11.5. The van der Waals surface area contributed by atoms with Crippen molar-refractivity contribution in [3.05, 3.63) is 29.8 Å². The lowest BCUT2D eigenvalue weighted by molar-refractivity contribution is -0.159. The van der Waals surface area contributed by atoms with Crippen molar-refractivity contribution in [1.82, 2.24) is 4.90 Å². The lowest BCUT2D eigenvalue weighted by atomic mass is 9.49. The van der Waals surface area contributed by atoms with E-state index in [1.807, 2.05) is 11.0 Å². The molecule has 0 heterocycles. The van der Waals surface area contributed by atoms with Crippen molar-refractivity contribution in [2.24, 2.45) is 29.1 Å². The molecule has 0 N–H and O–H groups in total. The summed E-state index contributed by atoms with van der Waals surface area (Å²) < 4.78 is 28.8. The topological polar surface area (TPSA) is 63.7 Å². The molecule has 1 aromatic carbocycles. The van der Waals surface area contributed by atoms with Gasteiger partial charge in [0.25, 0.3) is 0 Å². The van der Waals surface area contributed by atoms with Crippen LogP contribution in [0.2, 0.25) is 0 Å². The van der Waals surface area contributed by atoms with Gasteiger partial charge in [0, 0.05) is 13.1 Å². The first-order valence-corrected chi connectivity index (χ1v) is 13.1. The van der Waals surface area contributed by atoms with Gasteiger partial charge >= 0.3 is 10.1 Å². The van der Waals surface area contributed by atoms with Gasteiger partial charge in [-0.2, -0.15) is 8.42 Å². The molecular weight excluding hydrogens is 398 g/mol. The normalized spacial score (nSPS) is 29.9. The van der Waals surface area contributed by atoms with E-state index in [1.54, 1.807) is 25.1 Å². The van der Waals surface area contributed by atoms with Crippen LogP contribution in [0.1, 0.15) is 64.9 Å². The van der Waals surface area contributed by atoms with Crippen LogP contribution in [0.4, 0.5) is 0 Å². The molecular formula is C24H35NO4S. The van der Waals surface area contributed by atoms with E-state index in [0.717, 1.165) is 49.1 Å². The molecule has 1 amide bonds. The second-order valence-corrected chi connectivity index (χ2v) is 12.2. The standard InChI is InChI=1S/C24H35NO4S/c1-4-30(27,28)29-22-7-5-6-18(11-22)16-25(15-17(2)3)23(26)24-12-19-8-20(13-24)10-21(9-19)14-24/h5-7,11,17,19-21H,4,8-10,12-16H2,1-3H3. The molecule has 4 aliphatic rings. The van der Waals surface area contributed by atoms with Crippen molar-refractivity contribution < 1.29 is 17.4 Å². The fourth-order valence-electron chi connectivity index (χ4n) is 6.49. The largest absolute Gasteiger partial charge is 0.382 e. The highest BCUT2D eigenvalue weighted by atomic mass is 32.2. The molecule has 4 bridgehead atoms. The summed E-state index contributed by atoms with van der Waals surface area (Å²) in [6.07, 6.45) is 7.14. The summed E-state index contributed by atoms with van der Waals surface area (Å²) in [5.41, 5.74) is 0.751. The molecule has 0 radical (unpaired) electrons. The number of hydrogen-bond donors (Lipinski definition) is 0. The minimum Gasteiger partial charge on any atom is -0.382 e. The van der Waals surface area contributed by atoms with Crippen LogP contribution >= 0.6 is 0 Å².